The summed E-state index contributed by atoms with van der Waals surface area (Å²) in [5.74, 6) is -0.229. The van der Waals surface area contributed by atoms with Crippen LogP contribution in [-0.2, 0) is 6.61 Å². The summed E-state index contributed by atoms with van der Waals surface area (Å²) in [7, 11) is 0. The van der Waals surface area contributed by atoms with Gasteiger partial charge in [0, 0.05) is 28.7 Å². The van der Waals surface area contributed by atoms with Crippen molar-refractivity contribution < 1.29 is 19.7 Å². The lowest BCUT2D eigenvalue weighted by atomic mass is 10.1. The Morgan fingerprint density at radius 1 is 1.19 bits per heavy atom. The number of aromatic nitrogens is 1. The number of carboxylic acids is 1. The second-order valence-electron chi connectivity index (χ2n) is 4.67. The molecule has 21 heavy (non-hydrogen) atoms. The number of H-pyrrole nitrogens is 1. The summed E-state index contributed by atoms with van der Waals surface area (Å²) in [5, 5.41) is 19.3. The van der Waals surface area contributed by atoms with Crippen LogP contribution < -0.4 is 4.74 Å². The highest BCUT2D eigenvalue weighted by atomic mass is 16.5. The van der Waals surface area contributed by atoms with Crippen LogP contribution >= 0.6 is 0 Å². The summed E-state index contributed by atoms with van der Waals surface area (Å²) in [5.41, 5.74) is 1.92. The van der Waals surface area contributed by atoms with Crippen molar-refractivity contribution in [1.29, 1.82) is 0 Å². The molecule has 0 amide bonds. The second kappa shape index (κ2) is 5.20. The molecule has 3 N–H and O–H groups in total. The standard InChI is InChI=1S/C16H13NO4/c18-12-2-1-3-13(7-12)21-9-11-8-17-15-6-10(16(19)20)4-5-14(11)15/h1-8,17-18H,9H2,(H,19,20). The zero-order valence-electron chi connectivity index (χ0n) is 11.0. The molecule has 0 fully saturated rings. The van der Waals surface area contributed by atoms with Crippen LogP contribution in [0.2, 0.25) is 0 Å². The van der Waals surface area contributed by atoms with Crippen molar-refractivity contribution in [1.82, 2.24) is 4.98 Å². The lowest BCUT2D eigenvalue weighted by Crippen LogP contribution is -1.96. The topological polar surface area (TPSA) is 82.6 Å². The first-order valence-electron chi connectivity index (χ1n) is 6.38. The van der Waals surface area contributed by atoms with Crippen molar-refractivity contribution in [2.45, 2.75) is 6.61 Å². The monoisotopic (exact) mass is 283 g/mol. The maximum atomic E-state index is 10.9. The molecule has 2 aromatic carbocycles. The Morgan fingerprint density at radius 2 is 2.05 bits per heavy atom. The van der Waals surface area contributed by atoms with Crippen LogP contribution in [0, 0.1) is 0 Å². The van der Waals surface area contributed by atoms with Crippen LogP contribution in [0.4, 0.5) is 0 Å². The molecule has 0 aliphatic rings. The fraction of sp³-hybridized carbons (Fsp3) is 0.0625. The number of aromatic hydroxyl groups is 1. The minimum atomic E-state index is -0.955. The Kier molecular flexibility index (Phi) is 3.23. The highest BCUT2D eigenvalue weighted by molar-refractivity contribution is 5.94. The van der Waals surface area contributed by atoms with E-state index >= 15 is 0 Å². The lowest BCUT2D eigenvalue weighted by molar-refractivity contribution is 0.0697. The Balaban J connectivity index is 1.83. The molecule has 0 saturated carbocycles. The number of hydrogen-bond donors (Lipinski definition) is 3. The van der Waals surface area contributed by atoms with E-state index in [1.54, 1.807) is 42.6 Å². The van der Waals surface area contributed by atoms with Gasteiger partial charge in [0.15, 0.2) is 0 Å². The van der Waals surface area contributed by atoms with E-state index < -0.39 is 5.97 Å². The molecule has 106 valence electrons. The van der Waals surface area contributed by atoms with Crippen molar-refractivity contribution in [2.24, 2.45) is 0 Å². The van der Waals surface area contributed by atoms with Gasteiger partial charge in [0.25, 0.3) is 0 Å². The number of phenols is 1. The van der Waals surface area contributed by atoms with Gasteiger partial charge < -0.3 is 19.9 Å². The summed E-state index contributed by atoms with van der Waals surface area (Å²) in [6.45, 7) is 0.329. The number of carboxylic acid groups (broad SMARTS) is 1. The van der Waals surface area contributed by atoms with E-state index in [1.165, 1.54) is 6.07 Å². The Morgan fingerprint density at radius 3 is 2.81 bits per heavy atom. The molecule has 0 radical (unpaired) electrons. The minimum Gasteiger partial charge on any atom is -0.508 e. The number of nitrogens with one attached hydrogen (secondary N) is 1. The SMILES string of the molecule is O=C(O)c1ccc2c(COc3cccc(O)c3)c[nH]c2c1. The van der Waals surface area contributed by atoms with Gasteiger partial charge in [-0.05, 0) is 24.3 Å². The molecular formula is C16H13NO4. The van der Waals surface area contributed by atoms with Gasteiger partial charge in [-0.3, -0.25) is 0 Å². The fourth-order valence-electron chi connectivity index (χ4n) is 2.17. The summed E-state index contributed by atoms with van der Waals surface area (Å²) in [4.78, 5) is 14.0. The fourth-order valence-corrected chi connectivity index (χ4v) is 2.17. The molecular weight excluding hydrogens is 270 g/mol. The van der Waals surface area contributed by atoms with Crippen LogP contribution in [0.5, 0.6) is 11.5 Å². The van der Waals surface area contributed by atoms with Crippen molar-refractivity contribution in [3.63, 3.8) is 0 Å². The molecule has 3 aromatic rings. The van der Waals surface area contributed by atoms with Gasteiger partial charge in [-0.1, -0.05) is 12.1 Å². The molecule has 0 saturated heterocycles. The van der Waals surface area contributed by atoms with E-state index in [2.05, 4.69) is 4.98 Å². The Bertz CT molecular complexity index is 807. The van der Waals surface area contributed by atoms with Crippen LogP contribution in [-0.4, -0.2) is 21.2 Å². The Labute approximate surface area is 120 Å². The van der Waals surface area contributed by atoms with Gasteiger partial charge in [0.1, 0.15) is 18.1 Å². The van der Waals surface area contributed by atoms with E-state index in [1.807, 2.05) is 0 Å². The molecule has 0 aliphatic heterocycles. The number of hydrogen-bond acceptors (Lipinski definition) is 3. The first-order chi connectivity index (χ1) is 10.1. The average Bonchev–Trinajstić information content (AvgIpc) is 2.87. The van der Waals surface area contributed by atoms with E-state index in [9.17, 15) is 9.90 Å². The number of fused-ring (bicyclic) bond motifs is 1. The van der Waals surface area contributed by atoms with Gasteiger partial charge in [0.05, 0.1) is 5.56 Å². The third-order valence-electron chi connectivity index (χ3n) is 3.23. The van der Waals surface area contributed by atoms with Crippen LogP contribution in [0.15, 0.2) is 48.7 Å². The lowest BCUT2D eigenvalue weighted by Gasteiger charge is -2.05. The predicted octanol–water partition coefficient (Wildman–Crippen LogP) is 3.15. The molecule has 0 spiro atoms. The van der Waals surface area contributed by atoms with Crippen molar-refractivity contribution in [3.05, 3.63) is 59.8 Å². The average molecular weight is 283 g/mol. The molecule has 5 heteroatoms. The number of aromatic carboxylic acids is 1. The first kappa shape index (κ1) is 13.1. The first-order valence-corrected chi connectivity index (χ1v) is 6.38. The van der Waals surface area contributed by atoms with E-state index in [0.29, 0.717) is 12.4 Å². The maximum absolute atomic E-state index is 10.9. The number of benzene rings is 2. The normalized spacial score (nSPS) is 10.7. The molecule has 5 nitrogen and oxygen atoms in total. The highest BCUT2D eigenvalue weighted by Crippen LogP contribution is 2.23. The van der Waals surface area contributed by atoms with E-state index in [4.69, 9.17) is 9.84 Å². The number of rotatable bonds is 4. The van der Waals surface area contributed by atoms with Gasteiger partial charge in [0.2, 0.25) is 0 Å². The van der Waals surface area contributed by atoms with Crippen LogP contribution in [0.3, 0.4) is 0 Å². The molecule has 0 bridgehead atoms. The molecule has 1 heterocycles. The maximum Gasteiger partial charge on any atom is 0.335 e. The quantitative estimate of drug-likeness (QED) is 0.687. The summed E-state index contributed by atoms with van der Waals surface area (Å²) >= 11 is 0. The van der Waals surface area contributed by atoms with Crippen molar-refractivity contribution >= 4 is 16.9 Å². The minimum absolute atomic E-state index is 0.150. The molecule has 0 aliphatic carbocycles. The molecule has 0 unspecified atom stereocenters. The number of carbonyl (C=O) groups is 1. The number of aromatic amines is 1. The zero-order chi connectivity index (χ0) is 14.8. The van der Waals surface area contributed by atoms with Gasteiger partial charge in [-0.25, -0.2) is 4.79 Å². The third-order valence-corrected chi connectivity index (χ3v) is 3.23. The molecule has 3 rings (SSSR count). The van der Waals surface area contributed by atoms with Gasteiger partial charge in [-0.2, -0.15) is 0 Å². The summed E-state index contributed by atoms with van der Waals surface area (Å²) < 4.78 is 5.62. The van der Waals surface area contributed by atoms with Crippen LogP contribution in [0.25, 0.3) is 10.9 Å². The van der Waals surface area contributed by atoms with Crippen molar-refractivity contribution in [3.8, 4) is 11.5 Å². The van der Waals surface area contributed by atoms with Crippen LogP contribution in [0.1, 0.15) is 15.9 Å². The third kappa shape index (κ3) is 2.67. The van der Waals surface area contributed by atoms with Crippen molar-refractivity contribution in [2.75, 3.05) is 0 Å². The molecule has 1 aromatic heterocycles. The van der Waals surface area contributed by atoms with Gasteiger partial charge in [-0.15, -0.1) is 0 Å². The highest BCUT2D eigenvalue weighted by Gasteiger charge is 2.08. The second-order valence-corrected chi connectivity index (χ2v) is 4.67. The summed E-state index contributed by atoms with van der Waals surface area (Å²) in [6, 6.07) is 11.5. The number of phenolic OH excluding ortho intramolecular Hbond substituents is 1. The number of ether oxygens (including phenoxy) is 1. The van der Waals surface area contributed by atoms with Gasteiger partial charge >= 0.3 is 5.97 Å². The van der Waals surface area contributed by atoms with E-state index in [0.717, 1.165) is 16.5 Å². The summed E-state index contributed by atoms with van der Waals surface area (Å²) in [6.07, 6.45) is 1.79. The largest absolute Gasteiger partial charge is 0.508 e. The van der Waals surface area contributed by atoms with E-state index in [-0.39, 0.29) is 11.3 Å². The zero-order valence-corrected chi connectivity index (χ0v) is 11.0. The molecule has 0 atom stereocenters. The predicted molar refractivity (Wildman–Crippen MR) is 77.7 cm³/mol. The smallest absolute Gasteiger partial charge is 0.335 e. The Hall–Kier alpha value is -2.95.